The highest BCUT2D eigenvalue weighted by molar-refractivity contribution is 5.90. The summed E-state index contributed by atoms with van der Waals surface area (Å²) >= 11 is 0. The number of anilines is 1. The van der Waals surface area contributed by atoms with Crippen molar-refractivity contribution in [3.8, 4) is 0 Å². The predicted molar refractivity (Wildman–Crippen MR) is 113 cm³/mol. The van der Waals surface area contributed by atoms with E-state index in [1.54, 1.807) is 4.90 Å². The van der Waals surface area contributed by atoms with E-state index in [-0.39, 0.29) is 30.3 Å². The molecule has 4 rings (SSSR count). The van der Waals surface area contributed by atoms with Crippen LogP contribution < -0.4 is 10.6 Å². The Morgan fingerprint density at radius 1 is 0.929 bits per heavy atom. The molecule has 28 heavy (non-hydrogen) atoms. The van der Waals surface area contributed by atoms with Crippen molar-refractivity contribution in [2.45, 2.75) is 25.7 Å². The number of piperidine rings is 1. The standard InChI is InChI=1S/C21H30N4O2.ClH/c26-20(24-11-8-16-13-22-14-17(16)9-12-24)18-5-4-10-25(15-18)21(27)23-19-6-2-1-3-7-19;/h1-3,6-7,16-18,22H,4-5,8-15H2,(H,23,27);1H/t16-,17+,18?;. The van der Waals surface area contributed by atoms with Gasteiger partial charge in [-0.2, -0.15) is 0 Å². The summed E-state index contributed by atoms with van der Waals surface area (Å²) in [5.74, 6) is 1.64. The van der Waals surface area contributed by atoms with E-state index in [1.807, 2.05) is 30.3 Å². The maximum Gasteiger partial charge on any atom is 0.321 e. The zero-order valence-corrected chi connectivity index (χ0v) is 17.1. The van der Waals surface area contributed by atoms with Crippen LogP contribution in [0.3, 0.4) is 0 Å². The smallest absolute Gasteiger partial charge is 0.321 e. The number of rotatable bonds is 2. The van der Waals surface area contributed by atoms with Gasteiger partial charge in [-0.25, -0.2) is 4.79 Å². The number of para-hydroxylation sites is 1. The lowest BCUT2D eigenvalue weighted by atomic mass is 9.92. The number of halogens is 1. The van der Waals surface area contributed by atoms with Crippen molar-refractivity contribution >= 4 is 30.0 Å². The van der Waals surface area contributed by atoms with Crippen molar-refractivity contribution in [2.75, 3.05) is 44.6 Å². The van der Waals surface area contributed by atoms with Crippen LogP contribution in [0.1, 0.15) is 25.7 Å². The van der Waals surface area contributed by atoms with Gasteiger partial charge in [-0.1, -0.05) is 18.2 Å². The van der Waals surface area contributed by atoms with E-state index in [0.29, 0.717) is 6.54 Å². The summed E-state index contributed by atoms with van der Waals surface area (Å²) in [5, 5.41) is 6.43. The zero-order valence-electron chi connectivity index (χ0n) is 16.3. The Labute approximate surface area is 173 Å². The summed E-state index contributed by atoms with van der Waals surface area (Å²) in [4.78, 5) is 29.6. The lowest BCUT2D eigenvalue weighted by Gasteiger charge is -2.34. The Morgan fingerprint density at radius 2 is 1.61 bits per heavy atom. The summed E-state index contributed by atoms with van der Waals surface area (Å²) < 4.78 is 0. The van der Waals surface area contributed by atoms with E-state index in [2.05, 4.69) is 15.5 Å². The van der Waals surface area contributed by atoms with E-state index in [9.17, 15) is 9.59 Å². The minimum atomic E-state index is -0.102. The molecule has 3 aliphatic rings. The van der Waals surface area contributed by atoms with Gasteiger partial charge < -0.3 is 20.4 Å². The van der Waals surface area contributed by atoms with Crippen LogP contribution in [0.4, 0.5) is 10.5 Å². The minimum Gasteiger partial charge on any atom is -0.342 e. The largest absolute Gasteiger partial charge is 0.342 e. The quantitative estimate of drug-likeness (QED) is 0.793. The first kappa shape index (κ1) is 20.9. The molecule has 7 heteroatoms. The van der Waals surface area contributed by atoms with Crippen molar-refractivity contribution in [1.82, 2.24) is 15.1 Å². The first-order valence-corrected chi connectivity index (χ1v) is 10.3. The highest BCUT2D eigenvalue weighted by Gasteiger charge is 2.35. The van der Waals surface area contributed by atoms with Gasteiger partial charge in [-0.15, -0.1) is 12.4 Å². The number of urea groups is 1. The SMILES string of the molecule is Cl.O=C(Nc1ccccc1)N1CCCC(C(=O)N2CC[C@@H]3CNC[C@@H]3CC2)C1. The Bertz CT molecular complexity index is 658. The summed E-state index contributed by atoms with van der Waals surface area (Å²) in [5.41, 5.74) is 0.795. The van der Waals surface area contributed by atoms with E-state index in [4.69, 9.17) is 0 Å². The second kappa shape index (κ2) is 9.61. The summed E-state index contributed by atoms with van der Waals surface area (Å²) in [7, 11) is 0. The Morgan fingerprint density at radius 3 is 2.29 bits per heavy atom. The number of nitrogens with one attached hydrogen (secondary N) is 2. The van der Waals surface area contributed by atoms with Crippen LogP contribution in [0.2, 0.25) is 0 Å². The van der Waals surface area contributed by atoms with Crippen molar-refractivity contribution in [2.24, 2.45) is 17.8 Å². The topological polar surface area (TPSA) is 64.7 Å². The van der Waals surface area contributed by atoms with Crippen molar-refractivity contribution < 1.29 is 9.59 Å². The van der Waals surface area contributed by atoms with Gasteiger partial charge in [0.15, 0.2) is 0 Å². The maximum atomic E-state index is 13.1. The molecule has 6 nitrogen and oxygen atoms in total. The van der Waals surface area contributed by atoms with Gasteiger partial charge >= 0.3 is 6.03 Å². The molecule has 0 aromatic heterocycles. The van der Waals surface area contributed by atoms with Crippen LogP contribution in [0.5, 0.6) is 0 Å². The molecule has 154 valence electrons. The maximum absolute atomic E-state index is 13.1. The molecule has 1 unspecified atom stereocenters. The molecule has 3 amide bonds. The average Bonchev–Trinajstić information content (AvgIpc) is 3.06. The van der Waals surface area contributed by atoms with Crippen molar-refractivity contribution in [1.29, 1.82) is 0 Å². The van der Waals surface area contributed by atoms with E-state index in [1.165, 1.54) is 0 Å². The van der Waals surface area contributed by atoms with Crippen LogP contribution in [0.15, 0.2) is 30.3 Å². The number of amides is 3. The Balaban J connectivity index is 0.00000225. The lowest BCUT2D eigenvalue weighted by molar-refractivity contribution is -0.136. The monoisotopic (exact) mass is 406 g/mol. The van der Waals surface area contributed by atoms with Gasteiger partial charge in [0.1, 0.15) is 0 Å². The van der Waals surface area contributed by atoms with E-state index < -0.39 is 0 Å². The molecule has 0 radical (unpaired) electrons. The molecule has 0 bridgehead atoms. The fraction of sp³-hybridized carbons (Fsp3) is 0.619. The first-order chi connectivity index (χ1) is 13.2. The molecule has 1 aromatic carbocycles. The lowest BCUT2D eigenvalue weighted by Crippen LogP contribution is -2.48. The fourth-order valence-corrected chi connectivity index (χ4v) is 4.78. The van der Waals surface area contributed by atoms with Crippen LogP contribution in [0.25, 0.3) is 0 Å². The molecule has 3 heterocycles. The van der Waals surface area contributed by atoms with E-state index in [0.717, 1.165) is 75.9 Å². The Hall–Kier alpha value is -1.79. The minimum absolute atomic E-state index is 0. The number of carbonyl (C=O) groups is 2. The number of hydrogen-bond acceptors (Lipinski definition) is 3. The number of fused-ring (bicyclic) bond motifs is 1. The van der Waals surface area contributed by atoms with Crippen LogP contribution in [-0.4, -0.2) is 61.0 Å². The molecule has 1 aromatic rings. The summed E-state index contributed by atoms with van der Waals surface area (Å²) in [6.45, 7) is 5.19. The molecule has 3 fully saturated rings. The second-order valence-electron chi connectivity index (χ2n) is 8.16. The van der Waals surface area contributed by atoms with Gasteiger partial charge in [-0.05, 0) is 62.7 Å². The first-order valence-electron chi connectivity index (χ1n) is 10.3. The summed E-state index contributed by atoms with van der Waals surface area (Å²) in [6, 6.07) is 9.40. The predicted octanol–water partition coefficient (Wildman–Crippen LogP) is 2.81. The second-order valence-corrected chi connectivity index (χ2v) is 8.16. The number of likely N-dealkylation sites (tertiary alicyclic amines) is 2. The molecule has 3 saturated heterocycles. The molecule has 3 atom stereocenters. The number of hydrogen-bond donors (Lipinski definition) is 2. The van der Waals surface area contributed by atoms with Gasteiger partial charge in [0.05, 0.1) is 5.92 Å². The molecule has 0 spiro atoms. The Kier molecular flexibility index (Phi) is 7.18. The number of nitrogens with zero attached hydrogens (tertiary/aromatic N) is 2. The fourth-order valence-electron chi connectivity index (χ4n) is 4.78. The normalized spacial score (nSPS) is 27.4. The molecular formula is C21H31ClN4O2. The molecule has 0 aliphatic carbocycles. The van der Waals surface area contributed by atoms with Gasteiger partial charge in [0.25, 0.3) is 0 Å². The highest BCUT2D eigenvalue weighted by Crippen LogP contribution is 2.29. The van der Waals surface area contributed by atoms with Crippen LogP contribution in [0, 0.1) is 17.8 Å². The number of benzene rings is 1. The van der Waals surface area contributed by atoms with Crippen molar-refractivity contribution in [3.05, 3.63) is 30.3 Å². The number of carbonyl (C=O) groups excluding carboxylic acids is 2. The highest BCUT2D eigenvalue weighted by atomic mass is 35.5. The average molecular weight is 407 g/mol. The van der Waals surface area contributed by atoms with Crippen LogP contribution >= 0.6 is 12.4 Å². The zero-order chi connectivity index (χ0) is 18.6. The van der Waals surface area contributed by atoms with Crippen molar-refractivity contribution in [3.63, 3.8) is 0 Å². The third kappa shape index (κ3) is 4.78. The van der Waals surface area contributed by atoms with Gasteiger partial charge in [0.2, 0.25) is 5.91 Å². The van der Waals surface area contributed by atoms with Crippen LogP contribution in [-0.2, 0) is 4.79 Å². The molecule has 0 saturated carbocycles. The third-order valence-corrected chi connectivity index (χ3v) is 6.41. The molecule has 2 N–H and O–H groups in total. The molecular weight excluding hydrogens is 376 g/mol. The third-order valence-electron chi connectivity index (χ3n) is 6.41. The summed E-state index contributed by atoms with van der Waals surface area (Å²) in [6.07, 6.45) is 3.99. The van der Waals surface area contributed by atoms with E-state index >= 15 is 0 Å². The van der Waals surface area contributed by atoms with Gasteiger partial charge in [-0.3, -0.25) is 4.79 Å². The molecule has 3 aliphatic heterocycles. The van der Waals surface area contributed by atoms with Gasteiger partial charge in [0, 0.05) is 31.9 Å².